The van der Waals surface area contributed by atoms with Crippen molar-refractivity contribution in [2.45, 2.75) is 6.42 Å². The molecule has 2 aromatic rings. The van der Waals surface area contributed by atoms with Gasteiger partial charge < -0.3 is 4.74 Å². The van der Waals surface area contributed by atoms with Gasteiger partial charge in [0.05, 0.1) is 17.7 Å². The molecule has 108 valence electrons. The Morgan fingerprint density at radius 3 is 2.52 bits per heavy atom. The average Bonchev–Trinajstić information content (AvgIpc) is 2.84. The first-order chi connectivity index (χ1) is 9.97. The molecule has 0 radical (unpaired) electrons. The van der Waals surface area contributed by atoms with E-state index in [0.29, 0.717) is 23.8 Å². The van der Waals surface area contributed by atoms with Crippen LogP contribution in [0.1, 0.15) is 21.5 Å². The van der Waals surface area contributed by atoms with Crippen LogP contribution in [-0.2, 0) is 6.42 Å². The first-order valence-corrected chi connectivity index (χ1v) is 7.29. The molecule has 21 heavy (non-hydrogen) atoms. The molecule has 0 aliphatic carbocycles. The molecule has 0 atom stereocenters. The lowest BCUT2D eigenvalue weighted by Gasteiger charge is -2.10. The van der Waals surface area contributed by atoms with Crippen LogP contribution in [0, 0.1) is 11.6 Å². The Hall–Kier alpha value is -1.46. The molecule has 2 aromatic carbocycles. The molecule has 0 fully saturated rings. The third-order valence-electron chi connectivity index (χ3n) is 3.23. The summed E-state index contributed by atoms with van der Waals surface area (Å²) in [6.07, 6.45) is 0.613. The normalized spacial score (nSPS) is 13.0. The van der Waals surface area contributed by atoms with Crippen LogP contribution >= 0.6 is 27.5 Å². The minimum absolute atomic E-state index is 0.0788. The van der Waals surface area contributed by atoms with Crippen LogP contribution in [0.3, 0.4) is 0 Å². The minimum atomic E-state index is -0.932. The first kappa shape index (κ1) is 14.5. The number of ether oxygens (including phenoxy) is 1. The molecule has 0 N–H and O–H groups in total. The van der Waals surface area contributed by atoms with Gasteiger partial charge >= 0.3 is 0 Å². The molecular formula is C15H8BrClF2O2. The standard InChI is InChI=1S/C15H8BrClF2O2/c16-8-4-11(18)13(12(19)5-8)14(20)10-6-9(17)3-7-1-2-21-15(7)10/h3-6H,1-2H2. The van der Waals surface area contributed by atoms with Crippen LogP contribution in [0.5, 0.6) is 5.75 Å². The van der Waals surface area contributed by atoms with Gasteiger partial charge in [-0.1, -0.05) is 27.5 Å². The Labute approximate surface area is 132 Å². The average molecular weight is 374 g/mol. The predicted octanol–water partition coefficient (Wildman–Crippen LogP) is 4.55. The highest BCUT2D eigenvalue weighted by Crippen LogP contribution is 2.35. The van der Waals surface area contributed by atoms with Crippen molar-refractivity contribution in [1.29, 1.82) is 0 Å². The van der Waals surface area contributed by atoms with Crippen LogP contribution in [0.25, 0.3) is 0 Å². The molecule has 0 amide bonds. The second kappa shape index (κ2) is 5.39. The zero-order valence-electron chi connectivity index (χ0n) is 10.6. The van der Waals surface area contributed by atoms with E-state index < -0.39 is 23.0 Å². The summed E-state index contributed by atoms with van der Waals surface area (Å²) >= 11 is 8.94. The van der Waals surface area contributed by atoms with Gasteiger partial charge in [-0.2, -0.15) is 0 Å². The highest BCUT2D eigenvalue weighted by atomic mass is 79.9. The predicted molar refractivity (Wildman–Crippen MR) is 78.1 cm³/mol. The van der Waals surface area contributed by atoms with Crippen molar-refractivity contribution in [3.05, 3.63) is 62.1 Å². The number of carbonyl (C=O) groups excluding carboxylic acids is 1. The second-order valence-electron chi connectivity index (χ2n) is 4.61. The van der Waals surface area contributed by atoms with E-state index in [1.54, 1.807) is 6.07 Å². The lowest BCUT2D eigenvalue weighted by molar-refractivity contribution is 0.102. The van der Waals surface area contributed by atoms with Crippen LogP contribution in [0.2, 0.25) is 5.02 Å². The molecule has 0 saturated heterocycles. The highest BCUT2D eigenvalue weighted by Gasteiger charge is 2.27. The summed E-state index contributed by atoms with van der Waals surface area (Å²) in [6, 6.07) is 5.15. The highest BCUT2D eigenvalue weighted by molar-refractivity contribution is 9.10. The molecule has 3 rings (SSSR count). The zero-order valence-corrected chi connectivity index (χ0v) is 12.9. The fraction of sp³-hybridized carbons (Fsp3) is 0.133. The smallest absolute Gasteiger partial charge is 0.202 e. The fourth-order valence-corrected chi connectivity index (χ4v) is 2.97. The van der Waals surface area contributed by atoms with Crippen molar-refractivity contribution in [2.24, 2.45) is 0 Å². The quantitative estimate of drug-likeness (QED) is 0.722. The topological polar surface area (TPSA) is 26.3 Å². The van der Waals surface area contributed by atoms with Crippen molar-refractivity contribution in [3.8, 4) is 5.75 Å². The Bertz CT molecular complexity index is 739. The molecular weight excluding hydrogens is 366 g/mol. The van der Waals surface area contributed by atoms with Crippen molar-refractivity contribution < 1.29 is 18.3 Å². The Kier molecular flexibility index (Phi) is 3.71. The molecule has 0 bridgehead atoms. The molecule has 2 nitrogen and oxygen atoms in total. The largest absolute Gasteiger partial charge is 0.492 e. The Balaban J connectivity index is 2.17. The van der Waals surface area contributed by atoms with E-state index in [-0.39, 0.29) is 10.0 Å². The van der Waals surface area contributed by atoms with E-state index in [0.717, 1.165) is 17.7 Å². The van der Waals surface area contributed by atoms with Gasteiger partial charge in [0, 0.05) is 15.9 Å². The number of hydrogen-bond donors (Lipinski definition) is 0. The summed E-state index contributed by atoms with van der Waals surface area (Å²) in [5, 5.41) is 0.334. The lowest BCUT2D eigenvalue weighted by Crippen LogP contribution is -2.09. The van der Waals surface area contributed by atoms with Gasteiger partial charge in [0.2, 0.25) is 5.78 Å². The number of fused-ring (bicyclic) bond motifs is 1. The molecule has 0 unspecified atom stereocenters. The van der Waals surface area contributed by atoms with Crippen LogP contribution in [-0.4, -0.2) is 12.4 Å². The number of hydrogen-bond acceptors (Lipinski definition) is 2. The van der Waals surface area contributed by atoms with E-state index in [1.165, 1.54) is 6.07 Å². The van der Waals surface area contributed by atoms with Gasteiger partial charge in [0.15, 0.2) is 0 Å². The Morgan fingerprint density at radius 1 is 1.19 bits per heavy atom. The summed E-state index contributed by atoms with van der Waals surface area (Å²) in [6.45, 7) is 0.418. The molecule has 0 aromatic heterocycles. The maximum atomic E-state index is 13.9. The zero-order chi connectivity index (χ0) is 15.1. The van der Waals surface area contributed by atoms with E-state index in [4.69, 9.17) is 16.3 Å². The van der Waals surface area contributed by atoms with Crippen LogP contribution < -0.4 is 4.74 Å². The molecule has 6 heteroatoms. The third kappa shape index (κ3) is 2.56. The molecule has 1 heterocycles. The SMILES string of the molecule is O=C(c1cc(Cl)cc2c1OCC2)c1c(F)cc(Br)cc1F. The fourth-order valence-electron chi connectivity index (χ4n) is 2.33. The van der Waals surface area contributed by atoms with Crippen molar-refractivity contribution >= 4 is 33.3 Å². The van der Waals surface area contributed by atoms with E-state index >= 15 is 0 Å². The summed E-state index contributed by atoms with van der Waals surface area (Å²) in [4.78, 5) is 12.5. The van der Waals surface area contributed by atoms with Crippen molar-refractivity contribution in [2.75, 3.05) is 6.61 Å². The number of benzene rings is 2. The number of ketones is 1. The van der Waals surface area contributed by atoms with Gasteiger partial charge in [-0.05, 0) is 29.8 Å². The number of carbonyl (C=O) groups is 1. The molecule has 0 spiro atoms. The van der Waals surface area contributed by atoms with E-state index in [1.807, 2.05) is 0 Å². The Morgan fingerprint density at radius 2 is 1.86 bits per heavy atom. The van der Waals surface area contributed by atoms with Gasteiger partial charge in [-0.15, -0.1) is 0 Å². The van der Waals surface area contributed by atoms with E-state index in [9.17, 15) is 13.6 Å². The number of halogens is 4. The summed E-state index contributed by atoms with van der Waals surface area (Å²) < 4.78 is 33.5. The maximum Gasteiger partial charge on any atom is 0.202 e. The monoisotopic (exact) mass is 372 g/mol. The van der Waals surface area contributed by atoms with Crippen molar-refractivity contribution in [3.63, 3.8) is 0 Å². The summed E-state index contributed by atoms with van der Waals surface area (Å²) in [5.41, 5.74) is 0.233. The maximum absolute atomic E-state index is 13.9. The first-order valence-electron chi connectivity index (χ1n) is 6.12. The molecule has 0 saturated carbocycles. The van der Waals surface area contributed by atoms with Crippen molar-refractivity contribution in [1.82, 2.24) is 0 Å². The molecule has 1 aliphatic rings. The summed E-state index contributed by atoms with van der Waals surface area (Å²) in [5.74, 6) is -2.29. The van der Waals surface area contributed by atoms with Crippen LogP contribution in [0.4, 0.5) is 8.78 Å². The van der Waals surface area contributed by atoms with Gasteiger partial charge in [0.1, 0.15) is 17.4 Å². The molecule has 1 aliphatic heterocycles. The second-order valence-corrected chi connectivity index (χ2v) is 5.97. The van der Waals surface area contributed by atoms with Crippen LogP contribution in [0.15, 0.2) is 28.7 Å². The summed E-state index contributed by atoms with van der Waals surface area (Å²) in [7, 11) is 0. The van der Waals surface area contributed by atoms with Gasteiger partial charge in [-0.3, -0.25) is 4.79 Å². The lowest BCUT2D eigenvalue weighted by atomic mass is 9.99. The third-order valence-corrected chi connectivity index (χ3v) is 3.90. The minimum Gasteiger partial charge on any atom is -0.492 e. The van der Waals surface area contributed by atoms with Gasteiger partial charge in [0.25, 0.3) is 0 Å². The van der Waals surface area contributed by atoms with Gasteiger partial charge in [-0.25, -0.2) is 8.78 Å². The van der Waals surface area contributed by atoms with E-state index in [2.05, 4.69) is 15.9 Å². The number of rotatable bonds is 2.